The summed E-state index contributed by atoms with van der Waals surface area (Å²) in [6.45, 7) is 8.93. The van der Waals surface area contributed by atoms with E-state index >= 15 is 0 Å². The molecule has 0 saturated carbocycles. The van der Waals surface area contributed by atoms with Crippen molar-refractivity contribution in [2.24, 2.45) is 4.99 Å². The summed E-state index contributed by atoms with van der Waals surface area (Å²) in [5.41, 5.74) is 3.51. The van der Waals surface area contributed by atoms with Gasteiger partial charge in [-0.25, -0.2) is 4.99 Å². The van der Waals surface area contributed by atoms with E-state index in [4.69, 9.17) is 14.5 Å². The van der Waals surface area contributed by atoms with Crippen molar-refractivity contribution in [2.45, 2.75) is 13.5 Å². The van der Waals surface area contributed by atoms with Crippen LogP contribution in [0.4, 0.5) is 11.4 Å². The molecule has 0 unspecified atom stereocenters. The lowest BCUT2D eigenvalue weighted by molar-refractivity contribution is 0.211. The Bertz CT molecular complexity index is 823. The minimum atomic E-state index is 0. The minimum Gasteiger partial charge on any atom is -0.497 e. The Balaban J connectivity index is 0.00000363. The van der Waals surface area contributed by atoms with Crippen LogP contribution in [0.1, 0.15) is 12.5 Å². The molecule has 7 nitrogen and oxygen atoms in total. The van der Waals surface area contributed by atoms with Crippen molar-refractivity contribution in [3.05, 3.63) is 54.1 Å². The summed E-state index contributed by atoms with van der Waals surface area (Å²) < 4.78 is 10.4. The Hall–Kier alpha value is -2.20. The van der Waals surface area contributed by atoms with E-state index in [-0.39, 0.29) is 24.0 Å². The third kappa shape index (κ3) is 7.74. The molecule has 2 aromatic rings. The van der Waals surface area contributed by atoms with Gasteiger partial charge in [0.05, 0.1) is 20.3 Å². The molecule has 8 heteroatoms. The highest BCUT2D eigenvalue weighted by molar-refractivity contribution is 14.0. The molecule has 1 aliphatic heterocycles. The standard InChI is InChI=1S/C24H35N5O2.HI/c1-4-25-24(27-19-20-8-10-21(11-9-20)26-12-17-30-2)29-15-13-28(14-16-29)22-6-5-7-23(18-22)31-3;/h5-11,18,26H,4,12-17,19H2,1-3H3,(H,25,27);1H. The maximum Gasteiger partial charge on any atom is 0.194 e. The zero-order valence-corrected chi connectivity index (χ0v) is 21.7. The van der Waals surface area contributed by atoms with Crippen LogP contribution in [0.15, 0.2) is 53.5 Å². The average molecular weight is 553 g/mol. The molecule has 1 aliphatic rings. The molecule has 1 saturated heterocycles. The zero-order valence-electron chi connectivity index (χ0n) is 19.3. The maximum atomic E-state index is 5.37. The van der Waals surface area contributed by atoms with E-state index in [1.165, 1.54) is 11.3 Å². The van der Waals surface area contributed by atoms with Crippen LogP contribution in [0, 0.1) is 0 Å². The largest absolute Gasteiger partial charge is 0.497 e. The summed E-state index contributed by atoms with van der Waals surface area (Å²) in [4.78, 5) is 9.64. The van der Waals surface area contributed by atoms with Crippen LogP contribution in [0.2, 0.25) is 0 Å². The van der Waals surface area contributed by atoms with Gasteiger partial charge in [0.2, 0.25) is 0 Å². The van der Waals surface area contributed by atoms with Gasteiger partial charge in [-0.15, -0.1) is 24.0 Å². The number of benzene rings is 2. The number of anilines is 2. The highest BCUT2D eigenvalue weighted by Gasteiger charge is 2.20. The SMILES string of the molecule is CCNC(=NCc1ccc(NCCOC)cc1)N1CCN(c2cccc(OC)c2)CC1.I. The molecule has 2 N–H and O–H groups in total. The number of nitrogens with zero attached hydrogens (tertiary/aromatic N) is 3. The first-order valence-corrected chi connectivity index (χ1v) is 11.0. The lowest BCUT2D eigenvalue weighted by atomic mass is 10.2. The number of ether oxygens (including phenoxy) is 2. The van der Waals surface area contributed by atoms with Crippen molar-refractivity contribution in [1.29, 1.82) is 0 Å². The lowest BCUT2D eigenvalue weighted by Crippen LogP contribution is -2.52. The van der Waals surface area contributed by atoms with Crippen LogP contribution in [0.25, 0.3) is 0 Å². The molecule has 0 bridgehead atoms. The molecule has 0 aromatic heterocycles. The second-order valence-electron chi connectivity index (χ2n) is 7.46. The molecule has 1 fully saturated rings. The predicted octanol–water partition coefficient (Wildman–Crippen LogP) is 3.66. The quantitative estimate of drug-likeness (QED) is 0.214. The molecule has 1 heterocycles. The fourth-order valence-electron chi connectivity index (χ4n) is 3.60. The number of halogens is 1. The Morgan fingerprint density at radius 3 is 2.44 bits per heavy atom. The van der Waals surface area contributed by atoms with Crippen molar-refractivity contribution < 1.29 is 9.47 Å². The van der Waals surface area contributed by atoms with Gasteiger partial charge in [-0.3, -0.25) is 0 Å². The number of guanidine groups is 1. The van der Waals surface area contributed by atoms with E-state index in [1.54, 1.807) is 14.2 Å². The van der Waals surface area contributed by atoms with E-state index in [9.17, 15) is 0 Å². The molecule has 0 radical (unpaired) electrons. The van der Waals surface area contributed by atoms with E-state index in [1.807, 2.05) is 12.1 Å². The number of nitrogens with one attached hydrogen (secondary N) is 2. The molecule has 2 aromatic carbocycles. The average Bonchev–Trinajstić information content (AvgIpc) is 2.83. The summed E-state index contributed by atoms with van der Waals surface area (Å²) in [6.07, 6.45) is 0. The lowest BCUT2D eigenvalue weighted by Gasteiger charge is -2.37. The topological polar surface area (TPSA) is 61.4 Å². The molecule has 32 heavy (non-hydrogen) atoms. The van der Waals surface area contributed by atoms with Gasteiger partial charge in [0.25, 0.3) is 0 Å². The second kappa shape index (κ2) is 14.1. The third-order valence-corrected chi connectivity index (χ3v) is 5.33. The van der Waals surface area contributed by atoms with Crippen molar-refractivity contribution in [3.63, 3.8) is 0 Å². The van der Waals surface area contributed by atoms with Crippen LogP contribution in [-0.4, -0.2) is 71.0 Å². The summed E-state index contributed by atoms with van der Waals surface area (Å²) in [5, 5.41) is 6.79. The van der Waals surface area contributed by atoms with Gasteiger partial charge in [0.1, 0.15) is 5.75 Å². The summed E-state index contributed by atoms with van der Waals surface area (Å²) in [6, 6.07) is 16.7. The second-order valence-corrected chi connectivity index (χ2v) is 7.46. The summed E-state index contributed by atoms with van der Waals surface area (Å²) >= 11 is 0. The number of hydrogen-bond donors (Lipinski definition) is 2. The Morgan fingerprint density at radius 2 is 1.78 bits per heavy atom. The van der Waals surface area contributed by atoms with Crippen molar-refractivity contribution >= 4 is 41.3 Å². The molecule has 3 rings (SSSR count). The van der Waals surface area contributed by atoms with Gasteiger partial charge in [-0.2, -0.15) is 0 Å². The van der Waals surface area contributed by atoms with Crippen LogP contribution in [-0.2, 0) is 11.3 Å². The molecular weight excluding hydrogens is 517 g/mol. The van der Waals surface area contributed by atoms with Gasteiger partial charge < -0.3 is 29.9 Å². The van der Waals surface area contributed by atoms with Crippen molar-refractivity contribution in [3.8, 4) is 5.75 Å². The van der Waals surface area contributed by atoms with Gasteiger partial charge in [-0.1, -0.05) is 18.2 Å². The van der Waals surface area contributed by atoms with E-state index in [0.717, 1.165) is 56.7 Å². The van der Waals surface area contributed by atoms with E-state index in [2.05, 4.69) is 63.8 Å². The number of hydrogen-bond acceptors (Lipinski definition) is 5. The Labute approximate surface area is 209 Å². The summed E-state index contributed by atoms with van der Waals surface area (Å²) in [7, 11) is 3.42. The predicted molar refractivity (Wildman–Crippen MR) is 144 cm³/mol. The minimum absolute atomic E-state index is 0. The first-order valence-electron chi connectivity index (χ1n) is 11.0. The third-order valence-electron chi connectivity index (χ3n) is 5.33. The number of piperazine rings is 1. The van der Waals surface area contributed by atoms with Gasteiger partial charge in [-0.05, 0) is 36.8 Å². The smallest absolute Gasteiger partial charge is 0.194 e. The molecule has 0 aliphatic carbocycles. The first kappa shape index (κ1) is 26.1. The van der Waals surface area contributed by atoms with Gasteiger partial charge in [0.15, 0.2) is 5.96 Å². The molecule has 0 amide bonds. The van der Waals surface area contributed by atoms with Crippen LogP contribution in [0.3, 0.4) is 0 Å². The van der Waals surface area contributed by atoms with E-state index < -0.39 is 0 Å². The fourth-order valence-corrected chi connectivity index (χ4v) is 3.60. The molecule has 0 spiro atoms. The number of rotatable bonds is 9. The van der Waals surface area contributed by atoms with Crippen LogP contribution < -0.4 is 20.3 Å². The molecule has 0 atom stereocenters. The normalized spacial score (nSPS) is 14.0. The van der Waals surface area contributed by atoms with Crippen LogP contribution in [0.5, 0.6) is 5.75 Å². The fraction of sp³-hybridized carbons (Fsp3) is 0.458. The van der Waals surface area contributed by atoms with Crippen molar-refractivity contribution in [2.75, 3.05) is 70.3 Å². The summed E-state index contributed by atoms with van der Waals surface area (Å²) in [5.74, 6) is 1.88. The number of aliphatic imine (C=N–C) groups is 1. The Kier molecular flexibility index (Phi) is 11.4. The molecular formula is C24H36IN5O2. The monoisotopic (exact) mass is 553 g/mol. The van der Waals surface area contributed by atoms with Crippen molar-refractivity contribution in [1.82, 2.24) is 10.2 Å². The maximum absolute atomic E-state index is 5.37. The zero-order chi connectivity index (χ0) is 21.9. The first-order chi connectivity index (χ1) is 15.2. The number of methoxy groups -OCH3 is 2. The molecule has 176 valence electrons. The highest BCUT2D eigenvalue weighted by Crippen LogP contribution is 2.22. The highest BCUT2D eigenvalue weighted by atomic mass is 127. The van der Waals surface area contributed by atoms with Crippen LogP contribution >= 0.6 is 24.0 Å². The van der Waals surface area contributed by atoms with Gasteiger partial charge >= 0.3 is 0 Å². The van der Waals surface area contributed by atoms with Gasteiger partial charge in [0, 0.05) is 63.8 Å². The van der Waals surface area contributed by atoms with E-state index in [0.29, 0.717) is 13.2 Å². The Morgan fingerprint density at radius 1 is 1.03 bits per heavy atom.